The first-order chi connectivity index (χ1) is 3.68. The van der Waals surface area contributed by atoms with Crippen LogP contribution in [0.5, 0.6) is 0 Å². The Bertz CT molecular complexity index is 89.1. The fourth-order valence-corrected chi connectivity index (χ4v) is 0.355. The molecule has 0 fully saturated rings. The van der Waals surface area contributed by atoms with Crippen LogP contribution in [0.25, 0.3) is 4.85 Å². The zero-order valence-corrected chi connectivity index (χ0v) is 5.81. The van der Waals surface area contributed by atoms with Gasteiger partial charge in [0.05, 0.1) is 0 Å². The lowest BCUT2D eigenvalue weighted by Crippen LogP contribution is -2.05. The molecule has 0 spiro atoms. The van der Waals surface area contributed by atoms with Gasteiger partial charge in [0.2, 0.25) is 6.54 Å². The van der Waals surface area contributed by atoms with E-state index in [1.807, 2.05) is 0 Å². The molecule has 0 aliphatic heterocycles. The van der Waals surface area contributed by atoms with E-state index >= 15 is 0 Å². The molecular formula is C7H13N. The maximum absolute atomic E-state index is 6.55. The smallest absolute Gasteiger partial charge is 0.217 e. The zero-order valence-electron chi connectivity index (χ0n) is 5.81. The largest absolute Gasteiger partial charge is 0.317 e. The average Bonchev–Trinajstić information content (AvgIpc) is 1.67. The zero-order chi connectivity index (χ0) is 6.57. The van der Waals surface area contributed by atoms with Crippen molar-refractivity contribution in [3.8, 4) is 0 Å². The van der Waals surface area contributed by atoms with Crippen LogP contribution in [0.1, 0.15) is 20.8 Å². The van der Waals surface area contributed by atoms with Gasteiger partial charge in [-0.15, -0.1) is 0 Å². The van der Waals surface area contributed by atoms with Crippen molar-refractivity contribution in [1.29, 1.82) is 0 Å². The lowest BCUT2D eigenvalue weighted by atomic mass is 9.99. The van der Waals surface area contributed by atoms with Crippen molar-refractivity contribution in [2.75, 3.05) is 6.54 Å². The van der Waals surface area contributed by atoms with Crippen LogP contribution in [0, 0.1) is 18.4 Å². The first kappa shape index (κ1) is 7.49. The van der Waals surface area contributed by atoms with Gasteiger partial charge in [-0.25, -0.2) is 6.57 Å². The van der Waals surface area contributed by atoms with E-state index in [0.717, 1.165) is 0 Å². The second-order valence-corrected chi connectivity index (χ2v) is 2.56. The molecule has 0 aliphatic rings. The molecule has 1 unspecified atom stereocenters. The summed E-state index contributed by atoms with van der Waals surface area (Å²) < 4.78 is 0. The molecule has 0 heterocycles. The predicted octanol–water partition coefficient (Wildman–Crippen LogP) is 2.20. The fraction of sp³-hybridized carbons (Fsp3) is 0.857. The maximum atomic E-state index is 6.55. The predicted molar refractivity (Wildman–Crippen MR) is 35.5 cm³/mol. The van der Waals surface area contributed by atoms with Gasteiger partial charge in [0.15, 0.2) is 0 Å². The molecule has 0 aliphatic carbocycles. The van der Waals surface area contributed by atoms with Gasteiger partial charge in [-0.2, -0.15) is 0 Å². The summed E-state index contributed by atoms with van der Waals surface area (Å²) >= 11 is 0. The minimum Gasteiger partial charge on any atom is -0.317 e. The Morgan fingerprint density at radius 2 is 1.88 bits per heavy atom. The van der Waals surface area contributed by atoms with E-state index in [2.05, 4.69) is 25.6 Å². The molecule has 0 aromatic rings. The Morgan fingerprint density at radius 3 is 2.00 bits per heavy atom. The van der Waals surface area contributed by atoms with Crippen LogP contribution >= 0.6 is 0 Å². The number of nitrogens with zero attached hydrogens (tertiary/aromatic N) is 1. The van der Waals surface area contributed by atoms with Crippen LogP contribution in [0.4, 0.5) is 0 Å². The first-order valence-corrected chi connectivity index (χ1v) is 3.01. The Morgan fingerprint density at radius 1 is 1.38 bits per heavy atom. The standard InChI is InChI=1S/C7H13N/c1-6(2)7(3)5-8-4/h6-7H,5H2,1-3H3. The van der Waals surface area contributed by atoms with Gasteiger partial charge < -0.3 is 4.85 Å². The van der Waals surface area contributed by atoms with Crippen molar-refractivity contribution in [2.24, 2.45) is 11.8 Å². The van der Waals surface area contributed by atoms with E-state index < -0.39 is 0 Å². The highest BCUT2D eigenvalue weighted by Gasteiger charge is 2.07. The van der Waals surface area contributed by atoms with E-state index in [9.17, 15) is 0 Å². The third-order valence-corrected chi connectivity index (χ3v) is 1.52. The van der Waals surface area contributed by atoms with Gasteiger partial charge in [0.1, 0.15) is 0 Å². The molecule has 0 rings (SSSR count). The highest BCUT2D eigenvalue weighted by Crippen LogP contribution is 2.08. The van der Waals surface area contributed by atoms with Crippen LogP contribution < -0.4 is 0 Å². The van der Waals surface area contributed by atoms with Crippen molar-refractivity contribution in [3.63, 3.8) is 0 Å². The molecule has 1 atom stereocenters. The molecule has 0 aromatic heterocycles. The molecule has 1 heteroatoms. The molecule has 8 heavy (non-hydrogen) atoms. The monoisotopic (exact) mass is 111 g/mol. The Hall–Kier alpha value is -0.510. The van der Waals surface area contributed by atoms with Crippen LogP contribution in [-0.2, 0) is 0 Å². The van der Waals surface area contributed by atoms with Gasteiger partial charge in [0, 0.05) is 5.92 Å². The SMILES string of the molecule is [C-]#[N+]CC(C)C(C)C. The van der Waals surface area contributed by atoms with E-state index in [1.165, 1.54) is 0 Å². The minimum absolute atomic E-state index is 0.562. The van der Waals surface area contributed by atoms with Crippen molar-refractivity contribution < 1.29 is 0 Å². The second kappa shape index (κ2) is 3.49. The minimum atomic E-state index is 0.562. The second-order valence-electron chi connectivity index (χ2n) is 2.56. The lowest BCUT2D eigenvalue weighted by Gasteiger charge is -2.06. The van der Waals surface area contributed by atoms with Crippen molar-refractivity contribution in [1.82, 2.24) is 0 Å². The molecule has 0 saturated carbocycles. The summed E-state index contributed by atoms with van der Waals surface area (Å²) in [5.74, 6) is 1.22. The molecule has 46 valence electrons. The molecule has 0 saturated heterocycles. The molecule has 0 aromatic carbocycles. The molecule has 1 nitrogen and oxygen atoms in total. The number of rotatable bonds is 2. The quantitative estimate of drug-likeness (QED) is 0.481. The Kier molecular flexibility index (Phi) is 3.26. The summed E-state index contributed by atoms with van der Waals surface area (Å²) in [6.45, 7) is 13.6. The third-order valence-electron chi connectivity index (χ3n) is 1.52. The first-order valence-electron chi connectivity index (χ1n) is 3.01. The van der Waals surface area contributed by atoms with E-state index in [-0.39, 0.29) is 0 Å². The van der Waals surface area contributed by atoms with Crippen LogP contribution in [0.2, 0.25) is 0 Å². The van der Waals surface area contributed by atoms with Crippen molar-refractivity contribution >= 4 is 0 Å². The number of hydrogen-bond acceptors (Lipinski definition) is 0. The van der Waals surface area contributed by atoms with Gasteiger partial charge in [-0.05, 0) is 5.92 Å². The summed E-state index contributed by atoms with van der Waals surface area (Å²) in [5, 5.41) is 0. The normalized spacial score (nSPS) is 13.4. The van der Waals surface area contributed by atoms with Gasteiger partial charge >= 0.3 is 0 Å². The average molecular weight is 111 g/mol. The number of hydrogen-bond donors (Lipinski definition) is 0. The van der Waals surface area contributed by atoms with Crippen LogP contribution in [0.3, 0.4) is 0 Å². The molecule has 0 bridgehead atoms. The third kappa shape index (κ3) is 2.63. The maximum Gasteiger partial charge on any atom is 0.217 e. The lowest BCUT2D eigenvalue weighted by molar-refractivity contribution is 0.448. The van der Waals surface area contributed by atoms with Crippen LogP contribution in [-0.4, -0.2) is 6.54 Å². The van der Waals surface area contributed by atoms with E-state index in [4.69, 9.17) is 6.57 Å². The van der Waals surface area contributed by atoms with Crippen molar-refractivity contribution in [2.45, 2.75) is 20.8 Å². The van der Waals surface area contributed by atoms with E-state index in [1.54, 1.807) is 0 Å². The van der Waals surface area contributed by atoms with Crippen LogP contribution in [0.15, 0.2) is 0 Å². The summed E-state index contributed by atoms with van der Waals surface area (Å²) in [6.07, 6.45) is 0. The highest BCUT2D eigenvalue weighted by molar-refractivity contribution is 4.67. The fourth-order valence-electron chi connectivity index (χ4n) is 0.355. The molecule has 0 amide bonds. The highest BCUT2D eigenvalue weighted by atomic mass is 14.6. The summed E-state index contributed by atoms with van der Waals surface area (Å²) in [6, 6.07) is 0. The molecule has 0 N–H and O–H groups in total. The van der Waals surface area contributed by atoms with Crippen molar-refractivity contribution in [3.05, 3.63) is 11.4 Å². The molecule has 0 radical (unpaired) electrons. The Balaban J connectivity index is 3.35. The summed E-state index contributed by atoms with van der Waals surface area (Å²) in [7, 11) is 0. The summed E-state index contributed by atoms with van der Waals surface area (Å²) in [4.78, 5) is 3.31. The van der Waals surface area contributed by atoms with Gasteiger partial charge in [-0.3, -0.25) is 0 Å². The van der Waals surface area contributed by atoms with Gasteiger partial charge in [-0.1, -0.05) is 20.8 Å². The van der Waals surface area contributed by atoms with E-state index in [0.29, 0.717) is 18.4 Å². The Labute approximate surface area is 51.5 Å². The topological polar surface area (TPSA) is 4.36 Å². The van der Waals surface area contributed by atoms with Gasteiger partial charge in [0.25, 0.3) is 0 Å². The molecular weight excluding hydrogens is 98.1 g/mol. The summed E-state index contributed by atoms with van der Waals surface area (Å²) in [5.41, 5.74) is 0.